The number of hydrogen-bond donors (Lipinski definition) is 1. The van der Waals surface area contributed by atoms with Crippen LogP contribution in [0.25, 0.3) is 11.1 Å². The van der Waals surface area contributed by atoms with Crippen molar-refractivity contribution in [3.8, 4) is 16.9 Å². The van der Waals surface area contributed by atoms with Crippen LogP contribution in [0.15, 0.2) is 65.1 Å². The Balaban J connectivity index is 1.31. The molecule has 0 saturated carbocycles. The minimum Gasteiger partial charge on any atom is -0.497 e. The smallest absolute Gasteiger partial charge is 0.227 e. The number of piperidine rings is 1. The number of anilines is 1. The number of nitrogens with one attached hydrogen (secondary N) is 1. The number of rotatable bonds is 8. The molecule has 0 unspecified atom stereocenters. The minimum atomic E-state index is 0.0461. The van der Waals surface area contributed by atoms with Crippen molar-refractivity contribution in [2.24, 2.45) is 5.92 Å². The molecule has 0 aliphatic carbocycles. The second-order valence-corrected chi connectivity index (χ2v) is 9.02. The Morgan fingerprint density at radius 2 is 1.91 bits per heavy atom. The van der Waals surface area contributed by atoms with Gasteiger partial charge in [-0.1, -0.05) is 37.3 Å². The van der Waals surface area contributed by atoms with Crippen LogP contribution in [0.4, 0.5) is 5.69 Å². The van der Waals surface area contributed by atoms with Crippen LogP contribution in [0.5, 0.6) is 5.75 Å². The van der Waals surface area contributed by atoms with Gasteiger partial charge in [0.2, 0.25) is 5.91 Å². The molecule has 2 aromatic carbocycles. The topological polar surface area (TPSA) is 54.7 Å². The number of nitrogens with zero attached hydrogens (tertiary/aromatic N) is 1. The number of aryl methyl sites for hydroxylation is 1. The molecule has 5 nitrogen and oxygen atoms in total. The second-order valence-electron chi connectivity index (χ2n) is 9.02. The average Bonchev–Trinajstić information content (AvgIpc) is 3.29. The lowest BCUT2D eigenvalue weighted by molar-refractivity contribution is -0.121. The van der Waals surface area contributed by atoms with Gasteiger partial charge in [0.1, 0.15) is 17.3 Å². The average molecular weight is 447 g/mol. The Hall–Kier alpha value is -3.05. The number of methoxy groups -OCH3 is 1. The molecule has 1 saturated heterocycles. The lowest BCUT2D eigenvalue weighted by Crippen LogP contribution is -2.38. The predicted octanol–water partition coefficient (Wildman–Crippen LogP) is 6.11. The first kappa shape index (κ1) is 23.1. The van der Waals surface area contributed by atoms with Crippen molar-refractivity contribution in [2.45, 2.75) is 39.0 Å². The van der Waals surface area contributed by atoms with Gasteiger partial charge in [-0.05, 0) is 81.7 Å². The first-order valence-corrected chi connectivity index (χ1v) is 11.9. The zero-order chi connectivity index (χ0) is 23.2. The van der Waals surface area contributed by atoms with Gasteiger partial charge in [-0.2, -0.15) is 0 Å². The quantitative estimate of drug-likeness (QED) is 0.454. The van der Waals surface area contributed by atoms with Gasteiger partial charge in [0.25, 0.3) is 0 Å². The lowest BCUT2D eigenvalue weighted by Gasteiger charge is -2.32. The maximum absolute atomic E-state index is 13.1. The van der Waals surface area contributed by atoms with E-state index in [4.69, 9.17) is 9.15 Å². The number of carbonyl (C=O) groups excluding carboxylic acids is 1. The minimum absolute atomic E-state index is 0.0461. The molecule has 1 atom stereocenters. The van der Waals surface area contributed by atoms with E-state index in [1.165, 1.54) is 0 Å². The largest absolute Gasteiger partial charge is 0.497 e. The van der Waals surface area contributed by atoms with E-state index in [1.807, 2.05) is 61.5 Å². The summed E-state index contributed by atoms with van der Waals surface area (Å²) in [6.45, 7) is 7.16. The summed E-state index contributed by atoms with van der Waals surface area (Å²) in [5.74, 6) is 3.41. The lowest BCUT2D eigenvalue weighted by atomic mass is 9.94. The van der Waals surface area contributed by atoms with Crippen molar-refractivity contribution in [2.75, 3.05) is 32.1 Å². The second kappa shape index (κ2) is 10.7. The van der Waals surface area contributed by atoms with E-state index in [0.29, 0.717) is 5.92 Å². The van der Waals surface area contributed by atoms with Gasteiger partial charge in [-0.15, -0.1) is 0 Å². The molecule has 0 bridgehead atoms. The maximum Gasteiger partial charge on any atom is 0.227 e. The molecule has 1 amide bonds. The highest BCUT2D eigenvalue weighted by Gasteiger charge is 2.26. The van der Waals surface area contributed by atoms with Crippen molar-refractivity contribution >= 4 is 11.6 Å². The zero-order valence-corrected chi connectivity index (χ0v) is 19.8. The van der Waals surface area contributed by atoms with Crippen molar-refractivity contribution < 1.29 is 13.9 Å². The third-order valence-corrected chi connectivity index (χ3v) is 6.65. The van der Waals surface area contributed by atoms with Crippen LogP contribution in [0, 0.1) is 12.8 Å². The number of amides is 1. The van der Waals surface area contributed by atoms with E-state index in [9.17, 15) is 4.79 Å². The van der Waals surface area contributed by atoms with Crippen LogP contribution in [0.3, 0.4) is 0 Å². The third kappa shape index (κ3) is 5.85. The van der Waals surface area contributed by atoms with Gasteiger partial charge < -0.3 is 19.4 Å². The standard InChI is InChI=1S/C28H34N2O3/c1-20(27-12-11-21(2)33-27)13-16-30-17-14-22(15-18-30)28(31)29-26-10-5-4-9-25(26)23-7-6-8-24(19-23)32-3/h4-12,19-20,22H,13-18H2,1-3H3,(H,29,31)/t20-/m0/s1. The summed E-state index contributed by atoms with van der Waals surface area (Å²) >= 11 is 0. The van der Waals surface area contributed by atoms with Crippen LogP contribution in [-0.2, 0) is 4.79 Å². The molecule has 1 aliphatic rings. The molecular weight excluding hydrogens is 412 g/mol. The van der Waals surface area contributed by atoms with E-state index in [1.54, 1.807) is 7.11 Å². The summed E-state index contributed by atoms with van der Waals surface area (Å²) in [4.78, 5) is 15.5. The molecule has 5 heteroatoms. The summed E-state index contributed by atoms with van der Waals surface area (Å²) in [5.41, 5.74) is 2.88. The van der Waals surface area contributed by atoms with Crippen molar-refractivity contribution in [3.63, 3.8) is 0 Å². The van der Waals surface area contributed by atoms with Gasteiger partial charge in [0.05, 0.1) is 7.11 Å². The molecule has 0 radical (unpaired) electrons. The molecule has 1 N–H and O–H groups in total. The highest BCUT2D eigenvalue weighted by molar-refractivity contribution is 5.96. The van der Waals surface area contributed by atoms with Crippen molar-refractivity contribution in [1.29, 1.82) is 0 Å². The Morgan fingerprint density at radius 3 is 2.64 bits per heavy atom. The fourth-order valence-electron chi connectivity index (χ4n) is 4.52. The van der Waals surface area contributed by atoms with E-state index in [2.05, 4.69) is 23.2 Å². The van der Waals surface area contributed by atoms with Crippen LogP contribution >= 0.6 is 0 Å². The molecular formula is C28H34N2O3. The highest BCUT2D eigenvalue weighted by atomic mass is 16.5. The molecule has 1 fully saturated rings. The van der Waals surface area contributed by atoms with Crippen LogP contribution in [0.1, 0.15) is 43.6 Å². The SMILES string of the molecule is COc1cccc(-c2ccccc2NC(=O)C2CCN(CC[C@H](C)c3ccc(C)o3)CC2)c1. The van der Waals surface area contributed by atoms with Gasteiger partial charge in [-0.3, -0.25) is 4.79 Å². The zero-order valence-electron chi connectivity index (χ0n) is 19.8. The van der Waals surface area contributed by atoms with Gasteiger partial charge in [0, 0.05) is 23.1 Å². The number of para-hydroxylation sites is 1. The molecule has 33 heavy (non-hydrogen) atoms. The number of likely N-dealkylation sites (tertiary alicyclic amines) is 1. The Bertz CT molecular complexity index is 1070. The van der Waals surface area contributed by atoms with E-state index >= 15 is 0 Å². The van der Waals surface area contributed by atoms with Crippen molar-refractivity contribution in [1.82, 2.24) is 4.90 Å². The molecule has 1 aliphatic heterocycles. The van der Waals surface area contributed by atoms with Crippen LogP contribution in [-0.4, -0.2) is 37.6 Å². The molecule has 2 heterocycles. The van der Waals surface area contributed by atoms with Crippen molar-refractivity contribution in [3.05, 3.63) is 72.2 Å². The number of carbonyl (C=O) groups is 1. The monoisotopic (exact) mass is 446 g/mol. The number of ether oxygens (including phenoxy) is 1. The summed E-state index contributed by atoms with van der Waals surface area (Å²) in [5, 5.41) is 3.19. The molecule has 3 aromatic rings. The Morgan fingerprint density at radius 1 is 1.12 bits per heavy atom. The predicted molar refractivity (Wildman–Crippen MR) is 133 cm³/mol. The van der Waals surface area contributed by atoms with Gasteiger partial charge in [0.15, 0.2) is 0 Å². The number of furan rings is 1. The van der Waals surface area contributed by atoms with Gasteiger partial charge >= 0.3 is 0 Å². The van der Waals surface area contributed by atoms with Gasteiger partial charge in [-0.25, -0.2) is 0 Å². The summed E-state index contributed by atoms with van der Waals surface area (Å²) in [6.07, 6.45) is 2.85. The highest BCUT2D eigenvalue weighted by Crippen LogP contribution is 2.31. The molecule has 174 valence electrons. The normalized spacial score (nSPS) is 15.8. The first-order chi connectivity index (χ1) is 16.0. The van der Waals surface area contributed by atoms with Crippen LogP contribution < -0.4 is 10.1 Å². The Kier molecular flexibility index (Phi) is 7.50. The maximum atomic E-state index is 13.1. The first-order valence-electron chi connectivity index (χ1n) is 11.9. The fourth-order valence-corrected chi connectivity index (χ4v) is 4.52. The molecule has 1 aromatic heterocycles. The number of benzene rings is 2. The fraction of sp³-hybridized carbons (Fsp3) is 0.393. The summed E-state index contributed by atoms with van der Waals surface area (Å²) in [7, 11) is 1.66. The van der Waals surface area contributed by atoms with E-state index in [0.717, 1.165) is 73.0 Å². The molecule has 0 spiro atoms. The molecule has 4 rings (SSSR count). The Labute approximate surface area is 196 Å². The van der Waals surface area contributed by atoms with Crippen LogP contribution in [0.2, 0.25) is 0 Å². The number of hydrogen-bond acceptors (Lipinski definition) is 4. The summed E-state index contributed by atoms with van der Waals surface area (Å²) in [6, 6.07) is 20.0. The summed E-state index contributed by atoms with van der Waals surface area (Å²) < 4.78 is 11.1. The third-order valence-electron chi connectivity index (χ3n) is 6.65. The van der Waals surface area contributed by atoms with E-state index in [-0.39, 0.29) is 11.8 Å². The van der Waals surface area contributed by atoms with E-state index < -0.39 is 0 Å².